The molecular formula is C57H36N4O. The maximum Gasteiger partial charge on any atom is 0.167 e. The summed E-state index contributed by atoms with van der Waals surface area (Å²) in [5.74, 6) is 1.71. The van der Waals surface area contributed by atoms with E-state index in [1.165, 1.54) is 10.8 Å². The molecular weight excluding hydrogens is 757 g/mol. The topological polar surface area (TPSA) is 56.7 Å². The van der Waals surface area contributed by atoms with Gasteiger partial charge in [-0.05, 0) is 76.3 Å². The highest BCUT2D eigenvalue weighted by atomic mass is 16.3. The quantitative estimate of drug-likeness (QED) is 0.161. The fraction of sp³-hybridized carbons (Fsp3) is 0. The summed E-state index contributed by atoms with van der Waals surface area (Å²) in [4.78, 5) is 15.6. The van der Waals surface area contributed by atoms with E-state index in [2.05, 4.69) is 180 Å². The van der Waals surface area contributed by atoms with E-state index in [1.807, 2.05) is 42.5 Å². The molecule has 12 aromatic rings. The van der Waals surface area contributed by atoms with Crippen LogP contribution in [0.1, 0.15) is 0 Å². The Labute approximate surface area is 357 Å². The Morgan fingerprint density at radius 3 is 1.45 bits per heavy atom. The molecule has 5 heteroatoms. The minimum absolute atomic E-state index is 0.539. The number of hydrogen-bond acceptors (Lipinski definition) is 4. The lowest BCUT2D eigenvalue weighted by Crippen LogP contribution is -2.01. The molecule has 9 aromatic carbocycles. The van der Waals surface area contributed by atoms with Crippen molar-refractivity contribution in [3.8, 4) is 73.2 Å². The minimum Gasteiger partial charge on any atom is -0.455 e. The van der Waals surface area contributed by atoms with Crippen LogP contribution in [0.25, 0.3) is 117 Å². The van der Waals surface area contributed by atoms with E-state index in [0.29, 0.717) is 17.5 Å². The van der Waals surface area contributed by atoms with E-state index in [-0.39, 0.29) is 0 Å². The third-order valence-corrected chi connectivity index (χ3v) is 11.9. The monoisotopic (exact) mass is 792 g/mol. The number of nitrogens with zero attached hydrogens (tertiary/aromatic N) is 4. The highest BCUT2D eigenvalue weighted by molar-refractivity contribution is 6.16. The molecule has 0 saturated heterocycles. The van der Waals surface area contributed by atoms with E-state index in [9.17, 15) is 0 Å². The summed E-state index contributed by atoms with van der Waals surface area (Å²) in [7, 11) is 0. The van der Waals surface area contributed by atoms with E-state index < -0.39 is 0 Å². The molecule has 12 rings (SSSR count). The van der Waals surface area contributed by atoms with Crippen molar-refractivity contribution in [3.63, 3.8) is 0 Å². The number of benzene rings is 9. The van der Waals surface area contributed by atoms with Gasteiger partial charge >= 0.3 is 0 Å². The second-order valence-corrected chi connectivity index (χ2v) is 15.6. The van der Waals surface area contributed by atoms with Crippen molar-refractivity contribution < 1.29 is 4.42 Å². The van der Waals surface area contributed by atoms with Gasteiger partial charge in [0.15, 0.2) is 17.5 Å². The molecule has 0 saturated carbocycles. The van der Waals surface area contributed by atoms with Crippen molar-refractivity contribution in [2.75, 3.05) is 0 Å². The first kappa shape index (κ1) is 35.5. The van der Waals surface area contributed by atoms with Gasteiger partial charge in [0.1, 0.15) is 11.2 Å². The number of furan rings is 1. The Bertz CT molecular complexity index is 3520. The Kier molecular flexibility index (Phi) is 8.42. The highest BCUT2D eigenvalue weighted by Gasteiger charge is 2.22. The predicted molar refractivity (Wildman–Crippen MR) is 254 cm³/mol. The van der Waals surface area contributed by atoms with Crippen LogP contribution in [-0.2, 0) is 0 Å². The zero-order valence-corrected chi connectivity index (χ0v) is 33.5. The number of hydrogen-bond donors (Lipinski definition) is 0. The van der Waals surface area contributed by atoms with Crippen LogP contribution in [0.5, 0.6) is 0 Å². The zero-order valence-electron chi connectivity index (χ0n) is 33.5. The van der Waals surface area contributed by atoms with Crippen molar-refractivity contribution >= 4 is 43.7 Å². The van der Waals surface area contributed by atoms with Gasteiger partial charge in [0.25, 0.3) is 0 Å². The maximum absolute atomic E-state index is 6.91. The minimum atomic E-state index is 0.539. The van der Waals surface area contributed by atoms with Crippen molar-refractivity contribution in [2.45, 2.75) is 0 Å². The molecule has 0 aliphatic carbocycles. The van der Waals surface area contributed by atoms with Crippen LogP contribution >= 0.6 is 0 Å². The third-order valence-electron chi connectivity index (χ3n) is 11.9. The van der Waals surface area contributed by atoms with Gasteiger partial charge < -0.3 is 8.98 Å². The van der Waals surface area contributed by atoms with Crippen molar-refractivity contribution in [1.29, 1.82) is 0 Å². The molecule has 0 N–H and O–H groups in total. The van der Waals surface area contributed by atoms with Gasteiger partial charge in [0.05, 0.1) is 22.3 Å². The molecule has 0 fully saturated rings. The summed E-state index contributed by atoms with van der Waals surface area (Å²) < 4.78 is 9.30. The van der Waals surface area contributed by atoms with Gasteiger partial charge in [0.2, 0.25) is 0 Å². The molecule has 290 valence electrons. The van der Waals surface area contributed by atoms with Crippen LogP contribution < -0.4 is 0 Å². The molecule has 0 atom stereocenters. The predicted octanol–water partition coefficient (Wildman–Crippen LogP) is 14.9. The van der Waals surface area contributed by atoms with Crippen molar-refractivity contribution in [1.82, 2.24) is 19.5 Å². The number of aromatic nitrogens is 4. The molecule has 5 nitrogen and oxygen atoms in total. The molecule has 0 bridgehead atoms. The summed E-state index contributed by atoms with van der Waals surface area (Å²) in [5.41, 5.74) is 14.1. The van der Waals surface area contributed by atoms with E-state index in [1.54, 1.807) is 0 Å². The largest absolute Gasteiger partial charge is 0.455 e. The molecule has 3 aromatic heterocycles. The normalized spacial score (nSPS) is 11.5. The Morgan fingerprint density at radius 1 is 0.323 bits per heavy atom. The van der Waals surface area contributed by atoms with Crippen LogP contribution in [0.3, 0.4) is 0 Å². The van der Waals surface area contributed by atoms with Gasteiger partial charge in [-0.2, -0.15) is 0 Å². The first-order valence-electron chi connectivity index (χ1n) is 20.9. The SMILES string of the molecule is c1ccc(-c2cc(-c3ccccc3)cc(-c3nc(-c4ccccc4)nc(-c4cccc5c4oc4cccc(-c6ccccc6-n6c7ccccc7c7ccccc76)c45)n3)c2)cc1. The molecule has 0 unspecified atom stereocenters. The van der Waals surface area contributed by atoms with Crippen LogP contribution in [0.2, 0.25) is 0 Å². The maximum atomic E-state index is 6.91. The molecule has 0 amide bonds. The second kappa shape index (κ2) is 14.7. The average molecular weight is 793 g/mol. The van der Waals surface area contributed by atoms with Gasteiger partial charge in [0, 0.05) is 38.2 Å². The Balaban J connectivity index is 1.07. The van der Waals surface area contributed by atoms with E-state index >= 15 is 0 Å². The molecule has 3 heterocycles. The summed E-state index contributed by atoms with van der Waals surface area (Å²) in [6.07, 6.45) is 0. The average Bonchev–Trinajstić information content (AvgIpc) is 3.91. The second-order valence-electron chi connectivity index (χ2n) is 15.6. The van der Waals surface area contributed by atoms with Gasteiger partial charge in [-0.1, -0.05) is 170 Å². The fourth-order valence-electron chi connectivity index (χ4n) is 9.02. The number of rotatable bonds is 7. The standard InChI is InChI=1S/C57H36N4O/c1-4-18-37(19-5-1)40-34-41(38-20-6-2-7-21-38)36-42(35-40)56-58-55(39-22-8-3-9-23-39)59-57(60-56)48-29-16-28-47-53-46(27-17-33-52(53)62-54(47)48)45-26-12-15-32-51(45)61-49-30-13-10-24-43(49)44-25-11-14-31-50(44)61/h1-36H. The number of para-hydroxylation sites is 4. The van der Waals surface area contributed by atoms with Crippen LogP contribution in [0, 0.1) is 0 Å². The lowest BCUT2D eigenvalue weighted by atomic mass is 9.95. The van der Waals surface area contributed by atoms with Crippen LogP contribution in [0.15, 0.2) is 223 Å². The van der Waals surface area contributed by atoms with Gasteiger partial charge in [-0.3, -0.25) is 0 Å². The van der Waals surface area contributed by atoms with Crippen LogP contribution in [-0.4, -0.2) is 19.5 Å². The number of fused-ring (bicyclic) bond motifs is 6. The lowest BCUT2D eigenvalue weighted by molar-refractivity contribution is 0.669. The third kappa shape index (κ3) is 5.98. The summed E-state index contributed by atoms with van der Waals surface area (Å²) in [6.45, 7) is 0. The first-order valence-corrected chi connectivity index (χ1v) is 20.9. The molecule has 0 radical (unpaired) electrons. The Morgan fingerprint density at radius 2 is 0.790 bits per heavy atom. The summed E-state index contributed by atoms with van der Waals surface area (Å²) in [5, 5.41) is 4.48. The zero-order chi connectivity index (χ0) is 41.0. The molecule has 0 aliphatic heterocycles. The lowest BCUT2D eigenvalue weighted by Gasteiger charge is -2.14. The van der Waals surface area contributed by atoms with Crippen LogP contribution in [0.4, 0.5) is 0 Å². The van der Waals surface area contributed by atoms with E-state index in [4.69, 9.17) is 19.4 Å². The Hall–Kier alpha value is -8.41. The molecule has 0 spiro atoms. The van der Waals surface area contributed by atoms with Gasteiger partial charge in [-0.15, -0.1) is 0 Å². The van der Waals surface area contributed by atoms with Crippen molar-refractivity contribution in [2.24, 2.45) is 0 Å². The first-order chi connectivity index (χ1) is 30.7. The van der Waals surface area contributed by atoms with Gasteiger partial charge in [-0.25, -0.2) is 15.0 Å². The molecule has 62 heavy (non-hydrogen) atoms. The summed E-state index contributed by atoms with van der Waals surface area (Å²) in [6, 6.07) is 76.2. The van der Waals surface area contributed by atoms with Crippen molar-refractivity contribution in [3.05, 3.63) is 218 Å². The highest BCUT2D eigenvalue weighted by Crippen LogP contribution is 2.43. The fourth-order valence-corrected chi connectivity index (χ4v) is 9.02. The van der Waals surface area contributed by atoms with E-state index in [0.717, 1.165) is 88.7 Å². The summed E-state index contributed by atoms with van der Waals surface area (Å²) >= 11 is 0. The molecule has 0 aliphatic rings. The smallest absolute Gasteiger partial charge is 0.167 e.